The van der Waals surface area contributed by atoms with Crippen LogP contribution >= 0.6 is 0 Å². The summed E-state index contributed by atoms with van der Waals surface area (Å²) >= 11 is 0. The summed E-state index contributed by atoms with van der Waals surface area (Å²) in [5, 5.41) is 2.93. The van der Waals surface area contributed by atoms with Gasteiger partial charge in [0.25, 0.3) is 0 Å². The molecule has 0 unspecified atom stereocenters. The molecule has 0 aliphatic heterocycles. The van der Waals surface area contributed by atoms with Gasteiger partial charge in [0.15, 0.2) is 0 Å². The molecule has 114 valence electrons. The number of aromatic nitrogens is 1. The molecule has 4 heteroatoms. The smallest absolute Gasteiger partial charge is 0.224 e. The molecule has 0 bridgehead atoms. The fraction of sp³-hybridized carbons (Fsp3) is 0.278. The van der Waals surface area contributed by atoms with Crippen molar-refractivity contribution in [1.82, 2.24) is 9.88 Å². The molecule has 2 aromatic rings. The minimum atomic E-state index is -0.254. The second kappa shape index (κ2) is 5.79. The Morgan fingerprint density at radius 3 is 2.91 bits per heavy atom. The van der Waals surface area contributed by atoms with Gasteiger partial charge in [0.05, 0.1) is 13.0 Å². The van der Waals surface area contributed by atoms with Crippen molar-refractivity contribution in [1.29, 1.82) is 0 Å². The van der Waals surface area contributed by atoms with Gasteiger partial charge in [0.2, 0.25) is 5.91 Å². The lowest BCUT2D eigenvalue weighted by atomic mass is 10.0. The molecular weight excluding hydrogens is 279 g/mol. The number of aryl methyl sites for hydroxylation is 1. The number of benzene rings is 1. The second-order valence-electron chi connectivity index (χ2n) is 5.80. The van der Waals surface area contributed by atoms with Gasteiger partial charge in [-0.15, -0.1) is 0 Å². The molecule has 0 fully saturated rings. The molecular formula is C18H19FN2O. The minimum Gasteiger partial charge on any atom is -0.353 e. The van der Waals surface area contributed by atoms with Crippen LogP contribution in [0.2, 0.25) is 0 Å². The molecule has 1 N–H and O–H groups in total. The maximum absolute atomic E-state index is 13.5. The van der Waals surface area contributed by atoms with Crippen LogP contribution in [0.3, 0.4) is 0 Å². The van der Waals surface area contributed by atoms with Crippen molar-refractivity contribution in [3.8, 4) is 0 Å². The van der Waals surface area contributed by atoms with Crippen LogP contribution in [-0.2, 0) is 24.8 Å². The average Bonchev–Trinajstić information content (AvgIpc) is 3.01. The van der Waals surface area contributed by atoms with E-state index < -0.39 is 0 Å². The zero-order chi connectivity index (χ0) is 15.7. The highest BCUT2D eigenvalue weighted by Gasteiger charge is 2.21. The summed E-state index contributed by atoms with van der Waals surface area (Å²) in [6, 6.07) is 8.74. The number of nitrogens with zero attached hydrogens (tertiary/aromatic N) is 1. The summed E-state index contributed by atoms with van der Waals surface area (Å²) in [4.78, 5) is 12.2. The number of allylic oxidation sites excluding steroid dienone is 1. The van der Waals surface area contributed by atoms with E-state index in [0.717, 1.165) is 34.4 Å². The highest BCUT2D eigenvalue weighted by atomic mass is 19.1. The Hall–Kier alpha value is -2.36. The maximum atomic E-state index is 13.5. The van der Waals surface area contributed by atoms with Crippen molar-refractivity contribution in [2.24, 2.45) is 7.05 Å². The summed E-state index contributed by atoms with van der Waals surface area (Å²) in [6.45, 7) is 2.52. The third-order valence-corrected chi connectivity index (χ3v) is 4.22. The van der Waals surface area contributed by atoms with E-state index in [2.05, 4.69) is 5.32 Å². The van der Waals surface area contributed by atoms with Crippen molar-refractivity contribution in [2.75, 3.05) is 0 Å². The Labute approximate surface area is 129 Å². The van der Waals surface area contributed by atoms with Gasteiger partial charge in [-0.2, -0.15) is 0 Å². The minimum absolute atomic E-state index is 0.0346. The number of carbonyl (C=O) groups is 1. The van der Waals surface area contributed by atoms with Crippen LogP contribution in [0, 0.1) is 5.82 Å². The van der Waals surface area contributed by atoms with Gasteiger partial charge in [0, 0.05) is 18.9 Å². The van der Waals surface area contributed by atoms with Crippen molar-refractivity contribution >= 4 is 11.5 Å². The lowest BCUT2D eigenvalue weighted by Gasteiger charge is -2.09. The summed E-state index contributed by atoms with van der Waals surface area (Å²) in [5.41, 5.74) is 5.14. The number of hydrogen-bond donors (Lipinski definition) is 1. The molecule has 0 saturated carbocycles. The van der Waals surface area contributed by atoms with E-state index >= 15 is 0 Å². The molecule has 3 rings (SSSR count). The molecule has 0 spiro atoms. The summed E-state index contributed by atoms with van der Waals surface area (Å²) in [5.74, 6) is -0.289. The number of carbonyl (C=O) groups excluding carboxylic acids is 1. The van der Waals surface area contributed by atoms with E-state index in [9.17, 15) is 9.18 Å². The Balaban J connectivity index is 1.68. The fourth-order valence-corrected chi connectivity index (χ4v) is 2.94. The number of nitrogens with one attached hydrogen (secondary N) is 1. The van der Waals surface area contributed by atoms with Crippen LogP contribution in [-0.4, -0.2) is 10.5 Å². The molecule has 1 amide bonds. The largest absolute Gasteiger partial charge is 0.353 e. The maximum Gasteiger partial charge on any atom is 0.224 e. The third-order valence-electron chi connectivity index (χ3n) is 4.22. The van der Waals surface area contributed by atoms with Crippen LogP contribution < -0.4 is 5.32 Å². The molecule has 0 saturated heterocycles. The quantitative estimate of drug-likeness (QED) is 0.924. The molecule has 1 aliphatic rings. The zero-order valence-corrected chi connectivity index (χ0v) is 12.8. The fourth-order valence-electron chi connectivity index (χ4n) is 2.94. The topological polar surface area (TPSA) is 34.0 Å². The van der Waals surface area contributed by atoms with E-state index in [1.165, 1.54) is 12.1 Å². The average molecular weight is 298 g/mol. The van der Waals surface area contributed by atoms with E-state index in [0.29, 0.717) is 13.0 Å². The van der Waals surface area contributed by atoms with Gasteiger partial charge in [-0.25, -0.2) is 4.39 Å². The standard InChI is InChI=1S/C18H19FN2O/c1-12-8-13-5-6-14(19)9-17(13)16(12)10-18(22)20-11-15-4-3-7-21(15)2/h3-7,9H,8,10-11H2,1-2H3,(H,20,22). The van der Waals surface area contributed by atoms with Crippen LogP contribution in [0.5, 0.6) is 0 Å². The van der Waals surface area contributed by atoms with E-state index in [-0.39, 0.29) is 11.7 Å². The Morgan fingerprint density at radius 1 is 1.36 bits per heavy atom. The number of amides is 1. The predicted octanol–water partition coefficient (Wildman–Crippen LogP) is 3.20. The van der Waals surface area contributed by atoms with Gasteiger partial charge in [-0.1, -0.05) is 11.6 Å². The molecule has 22 heavy (non-hydrogen) atoms. The van der Waals surface area contributed by atoms with E-state index in [1.54, 1.807) is 0 Å². The van der Waals surface area contributed by atoms with Crippen LogP contribution in [0.4, 0.5) is 4.39 Å². The molecule has 1 heterocycles. The van der Waals surface area contributed by atoms with Gasteiger partial charge >= 0.3 is 0 Å². The van der Waals surface area contributed by atoms with Gasteiger partial charge in [-0.05, 0) is 54.3 Å². The summed E-state index contributed by atoms with van der Waals surface area (Å²) < 4.78 is 15.4. The van der Waals surface area contributed by atoms with Crippen molar-refractivity contribution < 1.29 is 9.18 Å². The lowest BCUT2D eigenvalue weighted by Crippen LogP contribution is -2.23. The Morgan fingerprint density at radius 2 is 2.18 bits per heavy atom. The van der Waals surface area contributed by atoms with Crippen molar-refractivity contribution in [3.63, 3.8) is 0 Å². The summed E-state index contributed by atoms with van der Waals surface area (Å²) in [6.07, 6.45) is 3.05. The van der Waals surface area contributed by atoms with Gasteiger partial charge in [-0.3, -0.25) is 4.79 Å². The van der Waals surface area contributed by atoms with Crippen LogP contribution in [0.1, 0.15) is 30.2 Å². The first kappa shape index (κ1) is 14.6. The number of hydrogen-bond acceptors (Lipinski definition) is 1. The molecule has 0 atom stereocenters. The third kappa shape index (κ3) is 2.82. The first-order valence-electron chi connectivity index (χ1n) is 7.39. The summed E-state index contributed by atoms with van der Waals surface area (Å²) in [7, 11) is 1.95. The highest BCUT2D eigenvalue weighted by molar-refractivity contribution is 5.91. The highest BCUT2D eigenvalue weighted by Crippen LogP contribution is 2.35. The lowest BCUT2D eigenvalue weighted by molar-refractivity contribution is -0.120. The Kier molecular flexibility index (Phi) is 3.84. The zero-order valence-electron chi connectivity index (χ0n) is 12.8. The van der Waals surface area contributed by atoms with Crippen molar-refractivity contribution in [2.45, 2.75) is 26.3 Å². The Bertz CT molecular complexity index is 758. The second-order valence-corrected chi connectivity index (χ2v) is 5.80. The predicted molar refractivity (Wildman–Crippen MR) is 84.6 cm³/mol. The van der Waals surface area contributed by atoms with E-state index in [4.69, 9.17) is 0 Å². The normalized spacial score (nSPS) is 13.4. The first-order valence-corrected chi connectivity index (χ1v) is 7.39. The van der Waals surface area contributed by atoms with Crippen LogP contribution in [0.25, 0.3) is 5.57 Å². The SMILES string of the molecule is CC1=C(CC(=O)NCc2cccn2C)c2cc(F)ccc2C1. The van der Waals surface area contributed by atoms with Crippen LogP contribution in [0.15, 0.2) is 42.1 Å². The van der Waals surface area contributed by atoms with Gasteiger partial charge < -0.3 is 9.88 Å². The first-order chi connectivity index (χ1) is 10.5. The van der Waals surface area contributed by atoms with Crippen molar-refractivity contribution in [3.05, 3.63) is 64.7 Å². The molecule has 1 aromatic carbocycles. The number of fused-ring (bicyclic) bond motifs is 1. The molecule has 1 aliphatic carbocycles. The number of halogens is 1. The number of rotatable bonds is 4. The molecule has 3 nitrogen and oxygen atoms in total. The monoisotopic (exact) mass is 298 g/mol. The molecule has 1 aromatic heterocycles. The van der Waals surface area contributed by atoms with Gasteiger partial charge in [0.1, 0.15) is 5.82 Å². The molecule has 0 radical (unpaired) electrons. The van der Waals surface area contributed by atoms with E-state index in [1.807, 2.05) is 42.9 Å².